The van der Waals surface area contributed by atoms with Crippen LogP contribution in [0.25, 0.3) is 6.08 Å². The van der Waals surface area contributed by atoms with E-state index in [0.717, 1.165) is 11.1 Å². The summed E-state index contributed by atoms with van der Waals surface area (Å²) < 4.78 is 36.9. The molecule has 0 aliphatic heterocycles. The van der Waals surface area contributed by atoms with Crippen molar-refractivity contribution < 1.29 is 17.9 Å². The summed E-state index contributed by atoms with van der Waals surface area (Å²) in [4.78, 5) is -0.261. The second kappa shape index (κ2) is 9.50. The van der Waals surface area contributed by atoms with Gasteiger partial charge < -0.3 is 9.47 Å². The first-order chi connectivity index (χ1) is 14.8. The molecule has 0 amide bonds. The maximum absolute atomic E-state index is 12.8. The molecule has 3 aromatic carbocycles. The molecule has 0 atom stereocenters. The average molecular weight is 434 g/mol. The van der Waals surface area contributed by atoms with E-state index in [1.807, 2.05) is 44.2 Å². The molecule has 5 nitrogen and oxygen atoms in total. The van der Waals surface area contributed by atoms with Crippen molar-refractivity contribution in [1.82, 2.24) is 0 Å². The van der Waals surface area contributed by atoms with Crippen LogP contribution in [0, 0.1) is 25.2 Å². The molecule has 0 heterocycles. The van der Waals surface area contributed by atoms with Crippen molar-refractivity contribution in [2.45, 2.75) is 25.3 Å². The predicted molar refractivity (Wildman–Crippen MR) is 120 cm³/mol. The van der Waals surface area contributed by atoms with Gasteiger partial charge in [-0.3, -0.25) is 0 Å². The van der Waals surface area contributed by atoms with E-state index in [1.54, 1.807) is 30.3 Å². The topological polar surface area (TPSA) is 76.4 Å². The highest BCUT2D eigenvalue weighted by Crippen LogP contribution is 2.31. The fourth-order valence-electron chi connectivity index (χ4n) is 2.90. The van der Waals surface area contributed by atoms with Gasteiger partial charge in [-0.15, -0.1) is 0 Å². The number of aryl methyl sites for hydroxylation is 2. The lowest BCUT2D eigenvalue weighted by molar-refractivity contribution is 0.284. The molecule has 0 aromatic heterocycles. The van der Waals surface area contributed by atoms with E-state index in [0.29, 0.717) is 23.7 Å². The highest BCUT2D eigenvalue weighted by Gasteiger charge is 2.21. The Balaban J connectivity index is 1.86. The summed E-state index contributed by atoms with van der Waals surface area (Å²) in [6.07, 6.45) is 1.33. The van der Waals surface area contributed by atoms with Gasteiger partial charge in [-0.2, -0.15) is 5.26 Å². The minimum absolute atomic E-state index is 0.0796. The van der Waals surface area contributed by atoms with Crippen molar-refractivity contribution in [3.63, 3.8) is 0 Å². The van der Waals surface area contributed by atoms with Crippen molar-refractivity contribution in [2.75, 3.05) is 7.11 Å². The van der Waals surface area contributed by atoms with Gasteiger partial charge in [-0.25, -0.2) is 8.42 Å². The van der Waals surface area contributed by atoms with Crippen LogP contribution >= 0.6 is 0 Å². The molecule has 3 aromatic rings. The van der Waals surface area contributed by atoms with Crippen molar-refractivity contribution in [3.05, 3.63) is 93.9 Å². The van der Waals surface area contributed by atoms with Crippen molar-refractivity contribution in [3.8, 4) is 17.6 Å². The smallest absolute Gasteiger partial charge is 0.216 e. The quantitative estimate of drug-likeness (QED) is 0.477. The average Bonchev–Trinajstić information content (AvgIpc) is 2.77. The number of ether oxygens (including phenoxy) is 2. The molecule has 0 saturated carbocycles. The minimum Gasteiger partial charge on any atom is -0.493 e. The van der Waals surface area contributed by atoms with E-state index in [2.05, 4.69) is 0 Å². The predicted octanol–water partition coefficient (Wildman–Crippen LogP) is 5.23. The molecule has 0 aliphatic carbocycles. The minimum atomic E-state index is -3.92. The summed E-state index contributed by atoms with van der Waals surface area (Å²) in [5, 5.41) is 9.50. The number of allylic oxidation sites excluding steroid dienone is 1. The Kier molecular flexibility index (Phi) is 6.78. The van der Waals surface area contributed by atoms with Gasteiger partial charge in [-0.05, 0) is 55.3 Å². The number of benzene rings is 3. The lowest BCUT2D eigenvalue weighted by Gasteiger charge is -2.12. The summed E-state index contributed by atoms with van der Waals surface area (Å²) in [7, 11) is -2.41. The third kappa shape index (κ3) is 5.33. The van der Waals surface area contributed by atoms with Crippen LogP contribution < -0.4 is 9.47 Å². The molecular weight excluding hydrogens is 410 g/mol. The molecule has 158 valence electrons. The largest absolute Gasteiger partial charge is 0.493 e. The molecule has 6 heteroatoms. The maximum Gasteiger partial charge on any atom is 0.216 e. The number of nitriles is 1. The molecular formula is C25H23NO4S. The van der Waals surface area contributed by atoms with Gasteiger partial charge in [0.15, 0.2) is 11.5 Å². The third-order valence-corrected chi connectivity index (χ3v) is 6.41. The number of methoxy groups -OCH3 is 1. The number of hydrogen-bond donors (Lipinski definition) is 0. The van der Waals surface area contributed by atoms with Crippen LogP contribution in [0.4, 0.5) is 0 Å². The second-order valence-electron chi connectivity index (χ2n) is 7.12. The first-order valence-electron chi connectivity index (χ1n) is 9.63. The summed E-state index contributed by atoms with van der Waals surface area (Å²) in [5.41, 5.74) is 3.65. The van der Waals surface area contributed by atoms with E-state index in [-0.39, 0.29) is 9.80 Å². The fraction of sp³-hybridized carbons (Fsp3) is 0.160. The molecule has 0 spiro atoms. The van der Waals surface area contributed by atoms with Gasteiger partial charge in [-0.1, -0.05) is 53.6 Å². The van der Waals surface area contributed by atoms with Crippen molar-refractivity contribution in [2.24, 2.45) is 0 Å². The van der Waals surface area contributed by atoms with Crippen molar-refractivity contribution in [1.29, 1.82) is 5.26 Å². The SMILES string of the molecule is COc1cc(/C=C(\C#N)S(=O)(=O)c2ccc(C)cc2)ccc1OCc1ccc(C)cc1. The molecule has 0 aliphatic rings. The summed E-state index contributed by atoms with van der Waals surface area (Å²) in [6.45, 7) is 4.26. The molecule has 0 radical (unpaired) electrons. The fourth-order valence-corrected chi connectivity index (χ4v) is 4.06. The van der Waals surface area contributed by atoms with Crippen LogP contribution in [-0.2, 0) is 16.4 Å². The van der Waals surface area contributed by atoms with Crippen LogP contribution in [0.2, 0.25) is 0 Å². The van der Waals surface area contributed by atoms with E-state index < -0.39 is 9.84 Å². The van der Waals surface area contributed by atoms with Crippen LogP contribution in [0.5, 0.6) is 11.5 Å². The number of sulfone groups is 1. The number of rotatable bonds is 7. The summed E-state index contributed by atoms with van der Waals surface area (Å²) in [6, 6.07) is 21.3. The summed E-state index contributed by atoms with van der Waals surface area (Å²) in [5.74, 6) is 0.978. The molecule has 0 N–H and O–H groups in total. The zero-order valence-corrected chi connectivity index (χ0v) is 18.4. The first-order valence-corrected chi connectivity index (χ1v) is 11.1. The third-order valence-electron chi connectivity index (χ3n) is 4.73. The van der Waals surface area contributed by atoms with E-state index in [4.69, 9.17) is 9.47 Å². The molecule has 0 fully saturated rings. The highest BCUT2D eigenvalue weighted by atomic mass is 32.2. The Labute approximate surface area is 183 Å². The molecule has 0 unspecified atom stereocenters. The Morgan fingerprint density at radius 1 is 0.935 bits per heavy atom. The number of nitrogens with zero attached hydrogens (tertiary/aromatic N) is 1. The maximum atomic E-state index is 12.8. The Bertz CT molecular complexity index is 1240. The standard InChI is InChI=1S/C25H23NO4S/c1-18-4-8-20(9-5-18)17-30-24-13-10-21(15-25(24)29-3)14-23(16-26)31(27,28)22-11-6-19(2)7-12-22/h4-15H,17H2,1-3H3/b23-14+. The molecule has 3 rings (SSSR count). The number of hydrogen-bond acceptors (Lipinski definition) is 5. The Morgan fingerprint density at radius 2 is 1.55 bits per heavy atom. The van der Waals surface area contributed by atoms with Gasteiger partial charge in [0, 0.05) is 0 Å². The Hall–Kier alpha value is -3.56. The van der Waals surface area contributed by atoms with E-state index >= 15 is 0 Å². The molecule has 0 saturated heterocycles. The second-order valence-corrected chi connectivity index (χ2v) is 9.04. The monoisotopic (exact) mass is 433 g/mol. The molecule has 0 bridgehead atoms. The van der Waals surface area contributed by atoms with Crippen LogP contribution in [-0.4, -0.2) is 15.5 Å². The van der Waals surface area contributed by atoms with Crippen LogP contribution in [0.1, 0.15) is 22.3 Å². The Morgan fingerprint density at radius 3 is 2.13 bits per heavy atom. The van der Waals surface area contributed by atoms with Crippen LogP contribution in [0.15, 0.2) is 76.5 Å². The zero-order valence-electron chi connectivity index (χ0n) is 17.6. The van der Waals surface area contributed by atoms with E-state index in [9.17, 15) is 13.7 Å². The highest BCUT2D eigenvalue weighted by molar-refractivity contribution is 7.95. The zero-order chi connectivity index (χ0) is 22.4. The van der Waals surface area contributed by atoms with E-state index in [1.165, 1.54) is 30.9 Å². The van der Waals surface area contributed by atoms with Gasteiger partial charge in [0.1, 0.15) is 17.6 Å². The van der Waals surface area contributed by atoms with Crippen molar-refractivity contribution >= 4 is 15.9 Å². The lowest BCUT2D eigenvalue weighted by Crippen LogP contribution is -2.03. The molecule has 31 heavy (non-hydrogen) atoms. The van der Waals surface area contributed by atoms with Gasteiger partial charge in [0.2, 0.25) is 9.84 Å². The summed E-state index contributed by atoms with van der Waals surface area (Å²) >= 11 is 0. The van der Waals surface area contributed by atoms with Crippen LogP contribution in [0.3, 0.4) is 0 Å². The first kappa shape index (κ1) is 22.1. The normalized spacial score (nSPS) is 11.6. The van der Waals surface area contributed by atoms with Gasteiger partial charge in [0.25, 0.3) is 0 Å². The lowest BCUT2D eigenvalue weighted by atomic mass is 10.1. The van der Waals surface area contributed by atoms with Gasteiger partial charge in [0.05, 0.1) is 12.0 Å². The van der Waals surface area contributed by atoms with Gasteiger partial charge >= 0.3 is 0 Å².